The molecule has 114 valence electrons. The Bertz CT molecular complexity index is 546. The molecular weight excluding hydrogens is 358 g/mol. The normalized spacial score (nSPS) is 23.9. The second-order valence-electron chi connectivity index (χ2n) is 5.62. The van der Waals surface area contributed by atoms with Crippen molar-refractivity contribution in [1.82, 2.24) is 4.72 Å². The molecule has 1 N–H and O–H groups in total. The van der Waals surface area contributed by atoms with Crippen LogP contribution in [0.4, 0.5) is 0 Å². The molecular formula is C14H22BrNO2S2. The van der Waals surface area contributed by atoms with E-state index in [0.29, 0.717) is 17.4 Å². The molecule has 1 aromatic rings. The topological polar surface area (TPSA) is 46.2 Å². The zero-order valence-electron chi connectivity index (χ0n) is 12.0. The molecule has 3 nitrogen and oxygen atoms in total. The molecule has 0 spiro atoms. The van der Waals surface area contributed by atoms with Gasteiger partial charge in [-0.2, -0.15) is 0 Å². The van der Waals surface area contributed by atoms with Crippen LogP contribution in [0.3, 0.4) is 0 Å². The van der Waals surface area contributed by atoms with E-state index in [9.17, 15) is 8.42 Å². The average Bonchev–Trinajstić information content (AvgIpc) is 2.77. The molecule has 20 heavy (non-hydrogen) atoms. The Hall–Kier alpha value is 0.0900. The lowest BCUT2D eigenvalue weighted by atomic mass is 9.81. The van der Waals surface area contributed by atoms with E-state index in [-0.39, 0.29) is 0 Å². The zero-order valence-corrected chi connectivity index (χ0v) is 15.2. The predicted molar refractivity (Wildman–Crippen MR) is 87.7 cm³/mol. The molecule has 0 aromatic carbocycles. The van der Waals surface area contributed by atoms with Gasteiger partial charge < -0.3 is 0 Å². The maximum Gasteiger partial charge on any atom is 0.241 e. The van der Waals surface area contributed by atoms with Crippen molar-refractivity contribution >= 4 is 37.3 Å². The van der Waals surface area contributed by atoms with Crippen LogP contribution >= 0.6 is 27.3 Å². The highest BCUT2D eigenvalue weighted by atomic mass is 79.9. The Morgan fingerprint density at radius 2 is 1.90 bits per heavy atom. The van der Waals surface area contributed by atoms with Crippen molar-refractivity contribution in [1.29, 1.82) is 0 Å². The second kappa shape index (κ2) is 6.90. The number of sulfonamides is 1. The summed E-state index contributed by atoms with van der Waals surface area (Å²) in [5.74, 6) is 1.34. The van der Waals surface area contributed by atoms with E-state index >= 15 is 0 Å². The van der Waals surface area contributed by atoms with Gasteiger partial charge in [0.25, 0.3) is 0 Å². The van der Waals surface area contributed by atoms with E-state index in [2.05, 4.69) is 27.6 Å². The largest absolute Gasteiger partial charge is 0.241 e. The number of rotatable bonds is 5. The SMILES string of the molecule is CCC1CCC(CNS(=O)(=O)c2cc(Br)sc2C)CC1. The van der Waals surface area contributed by atoms with Crippen LogP contribution in [-0.2, 0) is 10.0 Å². The van der Waals surface area contributed by atoms with Crippen LogP contribution < -0.4 is 4.72 Å². The summed E-state index contributed by atoms with van der Waals surface area (Å²) >= 11 is 4.80. The van der Waals surface area contributed by atoms with Gasteiger partial charge in [-0.15, -0.1) is 11.3 Å². The molecule has 1 fully saturated rings. The Kier molecular flexibility index (Phi) is 5.68. The minimum Gasteiger partial charge on any atom is -0.211 e. The molecule has 0 amide bonds. The number of halogens is 1. The van der Waals surface area contributed by atoms with Gasteiger partial charge in [0.1, 0.15) is 0 Å². The molecule has 1 saturated carbocycles. The van der Waals surface area contributed by atoms with Crippen molar-refractivity contribution in [2.24, 2.45) is 11.8 Å². The van der Waals surface area contributed by atoms with Crippen LogP contribution in [-0.4, -0.2) is 15.0 Å². The molecule has 1 heterocycles. The van der Waals surface area contributed by atoms with E-state index < -0.39 is 10.0 Å². The van der Waals surface area contributed by atoms with E-state index in [0.717, 1.165) is 27.4 Å². The highest BCUT2D eigenvalue weighted by molar-refractivity contribution is 9.11. The first-order valence-electron chi connectivity index (χ1n) is 7.18. The first-order chi connectivity index (χ1) is 9.42. The predicted octanol–water partition coefficient (Wildman–Crippen LogP) is 4.31. The van der Waals surface area contributed by atoms with Crippen LogP contribution in [0.25, 0.3) is 0 Å². The number of thiophene rings is 1. The van der Waals surface area contributed by atoms with E-state index in [1.54, 1.807) is 6.07 Å². The quantitative estimate of drug-likeness (QED) is 0.827. The molecule has 6 heteroatoms. The summed E-state index contributed by atoms with van der Waals surface area (Å²) < 4.78 is 28.3. The van der Waals surface area contributed by atoms with Gasteiger partial charge in [-0.05, 0) is 53.6 Å². The van der Waals surface area contributed by atoms with Crippen molar-refractivity contribution in [2.75, 3.05) is 6.54 Å². The first-order valence-corrected chi connectivity index (χ1v) is 10.3. The summed E-state index contributed by atoms with van der Waals surface area (Å²) in [7, 11) is -3.36. The molecule has 0 saturated heterocycles. The van der Waals surface area contributed by atoms with Crippen molar-refractivity contribution < 1.29 is 8.42 Å². The Balaban J connectivity index is 1.92. The zero-order chi connectivity index (χ0) is 14.8. The van der Waals surface area contributed by atoms with Gasteiger partial charge in [-0.25, -0.2) is 13.1 Å². The standard InChI is InChI=1S/C14H22BrNO2S2/c1-3-11-4-6-12(7-5-11)9-16-20(17,18)13-8-14(15)19-10(13)2/h8,11-12,16H,3-7,9H2,1-2H3. The van der Waals surface area contributed by atoms with Crippen LogP contribution in [0.2, 0.25) is 0 Å². The van der Waals surface area contributed by atoms with Crippen molar-refractivity contribution in [3.8, 4) is 0 Å². The number of aryl methyl sites for hydroxylation is 1. The number of hydrogen-bond donors (Lipinski definition) is 1. The smallest absolute Gasteiger partial charge is 0.211 e. The van der Waals surface area contributed by atoms with Gasteiger partial charge >= 0.3 is 0 Å². The molecule has 0 unspecified atom stereocenters. The van der Waals surface area contributed by atoms with Gasteiger partial charge in [-0.3, -0.25) is 0 Å². The lowest BCUT2D eigenvalue weighted by Crippen LogP contribution is -2.31. The van der Waals surface area contributed by atoms with Crippen LogP contribution in [0.1, 0.15) is 43.9 Å². The summed E-state index contributed by atoms with van der Waals surface area (Å²) in [6, 6.07) is 1.69. The van der Waals surface area contributed by atoms with E-state index in [1.165, 1.54) is 30.6 Å². The lowest BCUT2D eigenvalue weighted by molar-refractivity contribution is 0.270. The Morgan fingerprint density at radius 3 is 2.40 bits per heavy atom. The molecule has 1 aliphatic rings. The third kappa shape index (κ3) is 4.06. The maximum absolute atomic E-state index is 12.3. The highest BCUT2D eigenvalue weighted by Gasteiger charge is 2.24. The minimum absolute atomic E-state index is 0.414. The fourth-order valence-electron chi connectivity index (χ4n) is 2.85. The minimum atomic E-state index is -3.36. The van der Waals surface area contributed by atoms with E-state index in [4.69, 9.17) is 0 Å². The fraction of sp³-hybridized carbons (Fsp3) is 0.714. The van der Waals surface area contributed by atoms with Gasteiger partial charge in [0.2, 0.25) is 10.0 Å². The number of hydrogen-bond acceptors (Lipinski definition) is 3. The monoisotopic (exact) mass is 379 g/mol. The van der Waals surface area contributed by atoms with Crippen LogP contribution in [0.15, 0.2) is 14.7 Å². The molecule has 0 radical (unpaired) electrons. The fourth-order valence-corrected chi connectivity index (χ4v) is 6.38. The third-order valence-corrected chi connectivity index (χ3v) is 7.47. The third-order valence-electron chi connectivity index (χ3n) is 4.24. The highest BCUT2D eigenvalue weighted by Crippen LogP contribution is 2.32. The van der Waals surface area contributed by atoms with Crippen molar-refractivity contribution in [3.63, 3.8) is 0 Å². The molecule has 0 atom stereocenters. The van der Waals surface area contributed by atoms with Crippen LogP contribution in [0.5, 0.6) is 0 Å². The summed E-state index contributed by atoms with van der Waals surface area (Å²) in [5, 5.41) is 0. The lowest BCUT2D eigenvalue weighted by Gasteiger charge is -2.27. The first kappa shape index (κ1) is 16.5. The molecule has 0 bridgehead atoms. The van der Waals surface area contributed by atoms with Gasteiger partial charge in [0.15, 0.2) is 0 Å². The van der Waals surface area contributed by atoms with E-state index in [1.807, 2.05) is 6.92 Å². The molecule has 2 rings (SSSR count). The summed E-state index contributed by atoms with van der Waals surface area (Å²) in [4.78, 5) is 1.25. The average molecular weight is 380 g/mol. The Morgan fingerprint density at radius 1 is 1.30 bits per heavy atom. The summed E-state index contributed by atoms with van der Waals surface area (Å²) in [5.41, 5.74) is 0. The summed E-state index contributed by atoms with van der Waals surface area (Å²) in [6.07, 6.45) is 6.03. The van der Waals surface area contributed by atoms with Crippen molar-refractivity contribution in [3.05, 3.63) is 14.7 Å². The molecule has 1 aromatic heterocycles. The summed E-state index contributed by atoms with van der Waals surface area (Å²) in [6.45, 7) is 4.66. The maximum atomic E-state index is 12.3. The van der Waals surface area contributed by atoms with Gasteiger partial charge in [0, 0.05) is 11.4 Å². The molecule has 0 aliphatic heterocycles. The number of nitrogens with one attached hydrogen (secondary N) is 1. The second-order valence-corrected chi connectivity index (χ2v) is 9.99. The van der Waals surface area contributed by atoms with Crippen LogP contribution in [0, 0.1) is 18.8 Å². The van der Waals surface area contributed by atoms with Gasteiger partial charge in [-0.1, -0.05) is 26.2 Å². The Labute approximate surface area is 134 Å². The van der Waals surface area contributed by atoms with Gasteiger partial charge in [0.05, 0.1) is 8.68 Å². The van der Waals surface area contributed by atoms with Crippen molar-refractivity contribution in [2.45, 2.75) is 50.8 Å². The molecule has 1 aliphatic carbocycles.